The maximum absolute atomic E-state index is 5.95. The van der Waals surface area contributed by atoms with Gasteiger partial charge in [-0.2, -0.15) is 0 Å². The van der Waals surface area contributed by atoms with Crippen LogP contribution >= 0.6 is 12.2 Å². The maximum atomic E-state index is 5.95. The summed E-state index contributed by atoms with van der Waals surface area (Å²) in [6.07, 6.45) is 1.97. The number of nitrogens with zero attached hydrogens (tertiary/aromatic N) is 3. The Balaban J connectivity index is 1.66. The summed E-state index contributed by atoms with van der Waals surface area (Å²) in [6.45, 7) is 10.7. The molecule has 0 spiro atoms. The van der Waals surface area contributed by atoms with Crippen molar-refractivity contribution in [3.63, 3.8) is 0 Å². The predicted octanol–water partition coefficient (Wildman–Crippen LogP) is 6.76. The molecule has 0 bridgehead atoms. The molecule has 1 aliphatic heterocycles. The minimum absolute atomic E-state index is 0.0621. The first kappa shape index (κ1) is 24.1. The molecule has 2 aromatic heterocycles. The second-order valence-corrected chi connectivity index (χ2v) is 9.92. The van der Waals surface area contributed by atoms with Crippen LogP contribution in [0.1, 0.15) is 54.1 Å². The molecule has 1 aliphatic rings. The molecule has 36 heavy (non-hydrogen) atoms. The minimum Gasteiger partial charge on any atom is -0.491 e. The van der Waals surface area contributed by atoms with Gasteiger partial charge in [0.25, 0.3) is 0 Å². The second kappa shape index (κ2) is 9.78. The van der Waals surface area contributed by atoms with Gasteiger partial charge in [-0.25, -0.2) is 0 Å². The molecule has 184 valence electrons. The Morgan fingerprint density at radius 1 is 0.861 bits per heavy atom. The molecule has 5 nitrogen and oxygen atoms in total. The average molecular weight is 497 g/mol. The monoisotopic (exact) mass is 496 g/mol. The first-order valence-electron chi connectivity index (χ1n) is 12.4. The number of ether oxygens (including phenoxy) is 1. The minimum atomic E-state index is -0.0892. The second-order valence-electron chi connectivity index (χ2n) is 9.54. The van der Waals surface area contributed by atoms with Crippen molar-refractivity contribution in [1.29, 1.82) is 0 Å². The summed E-state index contributed by atoms with van der Waals surface area (Å²) in [6, 6.07) is 24.6. The lowest BCUT2D eigenvalue weighted by molar-refractivity contribution is 0.242. The molecule has 0 saturated carbocycles. The first-order valence-corrected chi connectivity index (χ1v) is 12.8. The van der Waals surface area contributed by atoms with E-state index in [1.807, 2.05) is 44.3 Å². The van der Waals surface area contributed by atoms with E-state index in [-0.39, 0.29) is 18.2 Å². The number of thiocarbonyl (C=S) groups is 1. The molecule has 0 unspecified atom stereocenters. The third-order valence-electron chi connectivity index (χ3n) is 6.90. The van der Waals surface area contributed by atoms with Crippen molar-refractivity contribution >= 4 is 23.0 Å². The van der Waals surface area contributed by atoms with E-state index in [4.69, 9.17) is 21.9 Å². The first-order chi connectivity index (χ1) is 17.4. The summed E-state index contributed by atoms with van der Waals surface area (Å²) in [7, 11) is 0. The molecular formula is C30H32N4OS. The zero-order chi connectivity index (χ0) is 25.4. The lowest BCUT2D eigenvalue weighted by Crippen LogP contribution is -2.29. The highest BCUT2D eigenvalue weighted by molar-refractivity contribution is 7.80. The Labute approximate surface area is 218 Å². The smallest absolute Gasteiger partial charge is 0.174 e. The number of benzene rings is 2. The van der Waals surface area contributed by atoms with Gasteiger partial charge in [-0.15, -0.1) is 0 Å². The van der Waals surface area contributed by atoms with E-state index in [1.54, 1.807) is 0 Å². The topological polar surface area (TPSA) is 42.3 Å². The lowest BCUT2D eigenvalue weighted by Gasteiger charge is -2.29. The normalized spacial score (nSPS) is 17.5. The van der Waals surface area contributed by atoms with E-state index in [1.165, 1.54) is 22.5 Å². The summed E-state index contributed by atoms with van der Waals surface area (Å²) < 4.78 is 8.23. The highest BCUT2D eigenvalue weighted by Crippen LogP contribution is 2.45. The Bertz CT molecular complexity index is 1360. The van der Waals surface area contributed by atoms with Crippen molar-refractivity contribution in [2.24, 2.45) is 0 Å². The van der Waals surface area contributed by atoms with Gasteiger partial charge in [0.2, 0.25) is 0 Å². The number of aromatic nitrogens is 2. The van der Waals surface area contributed by atoms with Crippen LogP contribution in [0.2, 0.25) is 0 Å². The summed E-state index contributed by atoms with van der Waals surface area (Å²) in [5, 5.41) is 4.28. The van der Waals surface area contributed by atoms with E-state index in [2.05, 4.69) is 84.1 Å². The van der Waals surface area contributed by atoms with Crippen LogP contribution in [-0.2, 0) is 0 Å². The fourth-order valence-electron chi connectivity index (χ4n) is 5.29. The van der Waals surface area contributed by atoms with Crippen molar-refractivity contribution in [1.82, 2.24) is 14.9 Å². The summed E-state index contributed by atoms with van der Waals surface area (Å²) in [5.74, 6) is 0.850. The number of nitrogens with one attached hydrogen (secondary N) is 1. The Morgan fingerprint density at radius 2 is 1.56 bits per heavy atom. The van der Waals surface area contributed by atoms with Crippen molar-refractivity contribution in [2.75, 3.05) is 4.90 Å². The van der Waals surface area contributed by atoms with Crippen LogP contribution in [-0.4, -0.2) is 20.8 Å². The number of rotatable bonds is 6. The lowest BCUT2D eigenvalue weighted by atomic mass is 9.93. The quantitative estimate of drug-likeness (QED) is 0.299. The van der Waals surface area contributed by atoms with Gasteiger partial charge >= 0.3 is 0 Å². The molecule has 2 aromatic carbocycles. The zero-order valence-electron chi connectivity index (χ0n) is 21.4. The summed E-state index contributed by atoms with van der Waals surface area (Å²) >= 11 is 5.95. The molecule has 0 radical (unpaired) electrons. The van der Waals surface area contributed by atoms with Gasteiger partial charge in [-0.1, -0.05) is 24.3 Å². The maximum Gasteiger partial charge on any atom is 0.174 e. The van der Waals surface area contributed by atoms with Crippen molar-refractivity contribution < 1.29 is 4.74 Å². The van der Waals surface area contributed by atoms with E-state index < -0.39 is 0 Å². The standard InChI is InChI=1S/C30H32N4OS/c1-19(2)35-25-16-14-24(15-17-25)34-29(28(32-30(34)36)26-13-9-10-18-31-26)27-20(3)21(4)33(22(27)5)23-11-7-6-8-12-23/h6-19,28-29H,1-5H3,(H,32,36)/t28-,29+/m0/s1. The molecule has 2 atom stereocenters. The van der Waals surface area contributed by atoms with E-state index in [0.717, 1.165) is 22.8 Å². The van der Waals surface area contributed by atoms with Crippen LogP contribution in [0.4, 0.5) is 5.69 Å². The van der Waals surface area contributed by atoms with Crippen molar-refractivity contribution in [2.45, 2.75) is 52.8 Å². The molecule has 6 heteroatoms. The van der Waals surface area contributed by atoms with Gasteiger partial charge in [-0.05, 0) is 101 Å². The highest BCUT2D eigenvalue weighted by Gasteiger charge is 2.43. The van der Waals surface area contributed by atoms with Crippen molar-refractivity contribution in [3.8, 4) is 11.4 Å². The summed E-state index contributed by atoms with van der Waals surface area (Å²) in [4.78, 5) is 6.95. The van der Waals surface area contributed by atoms with Crippen LogP contribution < -0.4 is 15.0 Å². The fraction of sp³-hybridized carbons (Fsp3) is 0.267. The van der Waals surface area contributed by atoms with E-state index >= 15 is 0 Å². The molecule has 5 rings (SSSR count). The van der Waals surface area contributed by atoms with Crippen LogP contribution in [0.5, 0.6) is 5.75 Å². The highest BCUT2D eigenvalue weighted by atomic mass is 32.1. The molecule has 4 aromatic rings. The Kier molecular flexibility index (Phi) is 6.54. The molecule has 1 N–H and O–H groups in total. The number of para-hydroxylation sites is 1. The average Bonchev–Trinajstić information content (AvgIpc) is 3.32. The molecule has 1 fully saturated rings. The van der Waals surface area contributed by atoms with Gasteiger partial charge in [0.05, 0.1) is 23.9 Å². The largest absolute Gasteiger partial charge is 0.491 e. The molecule has 0 amide bonds. The third kappa shape index (κ3) is 4.26. The molecule has 3 heterocycles. The predicted molar refractivity (Wildman–Crippen MR) is 150 cm³/mol. The van der Waals surface area contributed by atoms with Crippen LogP contribution in [0.3, 0.4) is 0 Å². The Hall–Kier alpha value is -3.64. The van der Waals surface area contributed by atoms with Gasteiger partial charge in [0.15, 0.2) is 5.11 Å². The van der Waals surface area contributed by atoms with Gasteiger partial charge in [0, 0.05) is 34.5 Å². The van der Waals surface area contributed by atoms with Gasteiger partial charge in [-0.3, -0.25) is 4.98 Å². The molecule has 1 saturated heterocycles. The molecule has 0 aliphatic carbocycles. The van der Waals surface area contributed by atoms with E-state index in [0.29, 0.717) is 5.11 Å². The number of hydrogen-bond donors (Lipinski definition) is 1. The fourth-order valence-corrected chi connectivity index (χ4v) is 5.64. The SMILES string of the molecule is Cc1c([C@@H]2[C@H](c3ccccn3)NC(=S)N2c2ccc(OC(C)C)cc2)c(C)n(-c2ccccc2)c1C. The number of anilines is 1. The van der Waals surface area contributed by atoms with Gasteiger partial charge < -0.3 is 19.5 Å². The van der Waals surface area contributed by atoms with Crippen molar-refractivity contribution in [3.05, 3.63) is 107 Å². The van der Waals surface area contributed by atoms with Crippen LogP contribution in [0.15, 0.2) is 79.0 Å². The summed E-state index contributed by atoms with van der Waals surface area (Å²) in [5.41, 5.74) is 8.12. The zero-order valence-corrected chi connectivity index (χ0v) is 22.2. The molecular weight excluding hydrogens is 464 g/mol. The third-order valence-corrected chi connectivity index (χ3v) is 7.22. The van der Waals surface area contributed by atoms with Gasteiger partial charge in [0.1, 0.15) is 5.75 Å². The Morgan fingerprint density at radius 3 is 2.19 bits per heavy atom. The number of pyridine rings is 1. The number of hydrogen-bond acceptors (Lipinski definition) is 3. The van der Waals surface area contributed by atoms with E-state index in [9.17, 15) is 0 Å². The van der Waals surface area contributed by atoms with Crippen LogP contribution in [0.25, 0.3) is 5.69 Å². The van der Waals surface area contributed by atoms with Crippen LogP contribution in [0, 0.1) is 20.8 Å².